The van der Waals surface area contributed by atoms with E-state index in [-0.39, 0.29) is 5.91 Å². The van der Waals surface area contributed by atoms with Gasteiger partial charge >= 0.3 is 0 Å². The third-order valence-corrected chi connectivity index (χ3v) is 5.38. The number of amides is 1. The molecule has 3 aromatic rings. The molecule has 2 aromatic carbocycles. The van der Waals surface area contributed by atoms with Crippen molar-refractivity contribution in [2.24, 2.45) is 0 Å². The van der Waals surface area contributed by atoms with Gasteiger partial charge in [-0.25, -0.2) is 0 Å². The average Bonchev–Trinajstić information content (AvgIpc) is 2.92. The monoisotopic (exact) mass is 434 g/mol. The molecule has 1 atom stereocenters. The number of fused-ring (bicyclic) bond motifs is 3. The van der Waals surface area contributed by atoms with Crippen LogP contribution in [0.1, 0.15) is 25.6 Å². The van der Waals surface area contributed by atoms with Crippen LogP contribution in [0.5, 0.6) is 11.6 Å². The quantitative estimate of drug-likeness (QED) is 0.412. The van der Waals surface area contributed by atoms with Crippen molar-refractivity contribution in [3.63, 3.8) is 0 Å². The van der Waals surface area contributed by atoms with Crippen molar-refractivity contribution in [2.45, 2.75) is 25.2 Å². The Labute approximate surface area is 185 Å². The first kappa shape index (κ1) is 20.9. The van der Waals surface area contributed by atoms with Crippen LogP contribution in [-0.2, 0) is 4.79 Å². The predicted molar refractivity (Wildman–Crippen MR) is 120 cm³/mol. The van der Waals surface area contributed by atoms with Crippen LogP contribution in [0.3, 0.4) is 0 Å². The minimum atomic E-state index is -0.718. The second-order valence-corrected chi connectivity index (χ2v) is 7.96. The average molecular weight is 435 g/mol. The van der Waals surface area contributed by atoms with Crippen molar-refractivity contribution in [1.82, 2.24) is 15.2 Å². The highest BCUT2D eigenvalue weighted by atomic mass is 32.2. The fraction of sp³-hybridized carbons (Fsp3) is 0.217. The third-order valence-electron chi connectivity index (χ3n) is 4.66. The van der Waals surface area contributed by atoms with E-state index < -0.39 is 6.23 Å². The molecular formula is C23H22N4O3S. The molecule has 1 aromatic heterocycles. The summed E-state index contributed by atoms with van der Waals surface area (Å²) < 4.78 is 11.9. The zero-order valence-electron chi connectivity index (χ0n) is 17.3. The van der Waals surface area contributed by atoms with Crippen molar-refractivity contribution in [3.05, 3.63) is 66.7 Å². The lowest BCUT2D eigenvalue weighted by Crippen LogP contribution is -2.36. The number of carbonyl (C=O) groups is 1. The summed E-state index contributed by atoms with van der Waals surface area (Å²) in [5.74, 6) is 1.71. The first-order chi connectivity index (χ1) is 15.1. The number of aromatic nitrogens is 3. The lowest BCUT2D eigenvalue weighted by molar-refractivity contribution is -0.118. The molecule has 0 unspecified atom stereocenters. The van der Waals surface area contributed by atoms with Crippen molar-refractivity contribution < 1.29 is 14.3 Å². The lowest BCUT2D eigenvalue weighted by atomic mass is 10.1. The first-order valence-electron chi connectivity index (χ1n) is 9.89. The Bertz CT molecular complexity index is 1100. The van der Waals surface area contributed by atoms with Crippen LogP contribution in [0, 0.1) is 0 Å². The van der Waals surface area contributed by atoms with Crippen molar-refractivity contribution in [2.75, 3.05) is 17.3 Å². The Morgan fingerprint density at radius 3 is 2.71 bits per heavy atom. The number of nitrogens with zero attached hydrogens (tertiary/aromatic N) is 4. The van der Waals surface area contributed by atoms with E-state index in [1.165, 1.54) is 18.7 Å². The van der Waals surface area contributed by atoms with E-state index in [0.29, 0.717) is 34.8 Å². The van der Waals surface area contributed by atoms with Gasteiger partial charge in [0.25, 0.3) is 0 Å². The summed E-state index contributed by atoms with van der Waals surface area (Å²) in [4.78, 5) is 19.0. The fourth-order valence-corrected chi connectivity index (χ4v) is 3.85. The molecule has 158 valence electrons. The fourth-order valence-electron chi connectivity index (χ4n) is 3.34. The van der Waals surface area contributed by atoms with E-state index >= 15 is 0 Å². The molecule has 0 N–H and O–H groups in total. The number of anilines is 1. The molecule has 7 nitrogen and oxygen atoms in total. The van der Waals surface area contributed by atoms with Crippen LogP contribution >= 0.6 is 11.8 Å². The van der Waals surface area contributed by atoms with Crippen molar-refractivity contribution in [1.29, 1.82) is 0 Å². The topological polar surface area (TPSA) is 77.4 Å². The zero-order chi connectivity index (χ0) is 21.8. The van der Waals surface area contributed by atoms with Crippen LogP contribution in [0.25, 0.3) is 11.3 Å². The molecule has 4 rings (SSSR count). The maximum absolute atomic E-state index is 12.8. The summed E-state index contributed by atoms with van der Waals surface area (Å²) in [6.07, 6.45) is 0.969. The molecular weight excluding hydrogens is 412 g/mol. The summed E-state index contributed by atoms with van der Waals surface area (Å²) in [5.41, 5.74) is 2.73. The van der Waals surface area contributed by atoms with Gasteiger partial charge in [0.2, 0.25) is 23.2 Å². The van der Waals surface area contributed by atoms with Gasteiger partial charge in [0.15, 0.2) is 5.69 Å². The number of carbonyl (C=O) groups excluding carboxylic acids is 1. The third kappa shape index (κ3) is 4.25. The molecule has 0 fully saturated rings. The molecule has 0 aliphatic carbocycles. The Morgan fingerprint density at radius 1 is 1.23 bits per heavy atom. The highest BCUT2D eigenvalue weighted by Gasteiger charge is 2.34. The van der Waals surface area contributed by atoms with Crippen LogP contribution in [-0.4, -0.2) is 33.4 Å². The molecule has 1 aliphatic heterocycles. The van der Waals surface area contributed by atoms with Gasteiger partial charge in [0.1, 0.15) is 12.4 Å². The van der Waals surface area contributed by atoms with Gasteiger partial charge in [-0.1, -0.05) is 49.5 Å². The number of ether oxygens (including phenoxy) is 2. The van der Waals surface area contributed by atoms with Gasteiger partial charge in [-0.15, -0.1) is 10.2 Å². The number of benzene rings is 2. The molecule has 31 heavy (non-hydrogen) atoms. The van der Waals surface area contributed by atoms with E-state index in [9.17, 15) is 4.79 Å². The van der Waals surface area contributed by atoms with Gasteiger partial charge in [-0.2, -0.15) is 4.98 Å². The molecule has 0 saturated heterocycles. The van der Waals surface area contributed by atoms with E-state index in [1.54, 1.807) is 11.0 Å². The van der Waals surface area contributed by atoms with E-state index in [1.807, 2.05) is 55.5 Å². The highest BCUT2D eigenvalue weighted by molar-refractivity contribution is 7.99. The second kappa shape index (κ2) is 9.18. The minimum Gasteiger partial charge on any atom is -0.490 e. The standard InChI is InChI=1S/C23H22N4O3S/c1-4-14-29-17-12-10-16(11-13-17)22-27(15(3)28)19-9-7-6-8-18(19)20-21(30-22)24-23(26-25-20)31-5-2/h4,6-13,22H,1,5,14H2,2-3H3/t22-/m0/s1. The highest BCUT2D eigenvalue weighted by Crippen LogP contribution is 2.43. The first-order valence-corrected chi connectivity index (χ1v) is 10.9. The lowest BCUT2D eigenvalue weighted by Gasteiger charge is -2.30. The van der Waals surface area contributed by atoms with E-state index in [2.05, 4.69) is 21.8 Å². The number of hydrogen-bond donors (Lipinski definition) is 0. The van der Waals surface area contributed by atoms with Gasteiger partial charge in [0.05, 0.1) is 5.69 Å². The number of hydrogen-bond acceptors (Lipinski definition) is 7. The Hall–Kier alpha value is -3.39. The van der Waals surface area contributed by atoms with Crippen molar-refractivity contribution >= 4 is 23.4 Å². The summed E-state index contributed by atoms with van der Waals surface area (Å²) in [5, 5.41) is 9.14. The molecule has 8 heteroatoms. The van der Waals surface area contributed by atoms with Gasteiger partial charge < -0.3 is 9.47 Å². The van der Waals surface area contributed by atoms with Crippen LogP contribution in [0.4, 0.5) is 5.69 Å². The second-order valence-electron chi connectivity index (χ2n) is 6.73. The molecule has 2 heterocycles. The molecule has 0 bridgehead atoms. The van der Waals surface area contributed by atoms with Crippen LogP contribution < -0.4 is 14.4 Å². The van der Waals surface area contributed by atoms with E-state index in [0.717, 1.165) is 16.9 Å². The number of para-hydroxylation sites is 1. The van der Waals surface area contributed by atoms with Gasteiger partial charge in [-0.3, -0.25) is 9.69 Å². The predicted octanol–water partition coefficient (Wildman–Crippen LogP) is 4.66. The largest absolute Gasteiger partial charge is 0.490 e. The summed E-state index contributed by atoms with van der Waals surface area (Å²) >= 11 is 1.48. The molecule has 0 saturated carbocycles. The maximum Gasteiger partial charge on any atom is 0.247 e. The SMILES string of the molecule is C=CCOc1ccc([C@@H]2Oc3nc(SCC)nnc3-c3ccccc3N2C(C)=O)cc1. The number of rotatable bonds is 6. The maximum atomic E-state index is 12.8. The summed E-state index contributed by atoms with van der Waals surface area (Å²) in [6, 6.07) is 15.0. The van der Waals surface area contributed by atoms with Gasteiger partial charge in [0, 0.05) is 18.1 Å². The van der Waals surface area contributed by atoms with E-state index in [4.69, 9.17) is 9.47 Å². The van der Waals surface area contributed by atoms with Crippen molar-refractivity contribution in [3.8, 4) is 22.9 Å². The smallest absolute Gasteiger partial charge is 0.247 e. The zero-order valence-corrected chi connectivity index (χ0v) is 18.1. The molecule has 0 spiro atoms. The molecule has 1 aliphatic rings. The van der Waals surface area contributed by atoms with Crippen LogP contribution in [0.2, 0.25) is 0 Å². The number of thioether (sulfide) groups is 1. The Balaban J connectivity index is 1.83. The van der Waals surface area contributed by atoms with Crippen LogP contribution in [0.15, 0.2) is 66.3 Å². The summed E-state index contributed by atoms with van der Waals surface area (Å²) in [6.45, 7) is 7.61. The minimum absolute atomic E-state index is 0.159. The summed E-state index contributed by atoms with van der Waals surface area (Å²) in [7, 11) is 0. The van der Waals surface area contributed by atoms with Gasteiger partial charge in [-0.05, 0) is 36.1 Å². The Morgan fingerprint density at radius 2 is 2.00 bits per heavy atom. The Kier molecular flexibility index (Phi) is 6.18. The molecule has 1 amide bonds. The normalized spacial score (nSPS) is 14.6. The molecule has 0 radical (unpaired) electrons.